The third kappa shape index (κ3) is 4.18. The Morgan fingerprint density at radius 3 is 2.17 bits per heavy atom. The first kappa shape index (κ1) is 23.4. The lowest BCUT2D eigenvalue weighted by Crippen LogP contribution is -2.49. The van der Waals surface area contributed by atoms with Gasteiger partial charge in [-0.05, 0) is 55.4 Å². The van der Waals surface area contributed by atoms with Crippen molar-refractivity contribution in [3.8, 4) is 5.75 Å². The summed E-state index contributed by atoms with van der Waals surface area (Å²) in [5.74, 6) is 0.121. The van der Waals surface area contributed by atoms with Gasteiger partial charge >= 0.3 is 0 Å². The van der Waals surface area contributed by atoms with Gasteiger partial charge in [0, 0.05) is 30.8 Å². The number of carbonyl (C=O) groups is 1. The predicted octanol–water partition coefficient (Wildman–Crippen LogP) is 5.36. The number of aromatic nitrogens is 1. The van der Waals surface area contributed by atoms with E-state index in [0.29, 0.717) is 18.8 Å². The quantitative estimate of drug-likeness (QED) is 0.456. The lowest BCUT2D eigenvalue weighted by Gasteiger charge is -2.42. The summed E-state index contributed by atoms with van der Waals surface area (Å²) in [6.45, 7) is 7.17. The number of hydrogen-bond donors (Lipinski definition) is 0. The van der Waals surface area contributed by atoms with Gasteiger partial charge in [0.15, 0.2) is 11.4 Å². The molecule has 1 atom stereocenters. The summed E-state index contributed by atoms with van der Waals surface area (Å²) in [4.78, 5) is 28.6. The number of pyridine rings is 1. The van der Waals surface area contributed by atoms with Crippen molar-refractivity contribution >= 4 is 5.91 Å². The van der Waals surface area contributed by atoms with E-state index in [-0.39, 0.29) is 35.1 Å². The maximum Gasteiger partial charge on any atom is 0.274 e. The van der Waals surface area contributed by atoms with Crippen LogP contribution in [0.5, 0.6) is 5.75 Å². The van der Waals surface area contributed by atoms with Gasteiger partial charge in [0.05, 0.1) is 12.6 Å². The van der Waals surface area contributed by atoms with E-state index in [0.717, 1.165) is 25.7 Å². The van der Waals surface area contributed by atoms with Crippen LogP contribution in [-0.2, 0) is 12.8 Å². The monoisotopic (exact) mass is 470 g/mol. The molecule has 1 aliphatic carbocycles. The summed E-state index contributed by atoms with van der Waals surface area (Å²) in [5, 5.41) is 0. The molecule has 0 radical (unpaired) electrons. The smallest absolute Gasteiger partial charge is 0.274 e. The van der Waals surface area contributed by atoms with E-state index in [2.05, 4.69) is 55.5 Å². The first-order valence-electron chi connectivity index (χ1n) is 12.9. The maximum atomic E-state index is 13.7. The number of hydrogen-bond acceptors (Lipinski definition) is 3. The van der Waals surface area contributed by atoms with Crippen molar-refractivity contribution in [2.75, 3.05) is 13.2 Å². The predicted molar refractivity (Wildman–Crippen MR) is 138 cm³/mol. The van der Waals surface area contributed by atoms with Crippen LogP contribution in [0.15, 0.2) is 65.6 Å². The number of ether oxygens (including phenoxy) is 1. The van der Waals surface area contributed by atoms with Crippen LogP contribution in [0.1, 0.15) is 78.3 Å². The highest BCUT2D eigenvalue weighted by Gasteiger charge is 2.41. The molecule has 0 fully saturated rings. The van der Waals surface area contributed by atoms with E-state index in [1.807, 2.05) is 23.3 Å². The third-order valence-corrected chi connectivity index (χ3v) is 7.48. The molecule has 3 aromatic rings. The zero-order valence-electron chi connectivity index (χ0n) is 20.9. The molecular weight excluding hydrogens is 436 g/mol. The topological polar surface area (TPSA) is 51.5 Å². The Bertz CT molecular complexity index is 1250. The van der Waals surface area contributed by atoms with Crippen molar-refractivity contribution in [2.45, 2.75) is 64.5 Å². The largest absolute Gasteiger partial charge is 0.487 e. The average Bonchev–Trinajstić information content (AvgIpc) is 3.02. The van der Waals surface area contributed by atoms with Crippen LogP contribution in [0, 0.1) is 0 Å². The summed E-state index contributed by atoms with van der Waals surface area (Å²) in [5.41, 5.74) is 5.47. The summed E-state index contributed by atoms with van der Waals surface area (Å²) in [6, 6.07) is 18.9. The van der Waals surface area contributed by atoms with E-state index in [1.165, 1.54) is 22.3 Å². The Kier molecular flexibility index (Phi) is 6.50. The molecule has 1 aromatic heterocycles. The van der Waals surface area contributed by atoms with Crippen molar-refractivity contribution in [1.82, 2.24) is 9.47 Å². The molecule has 0 spiro atoms. The van der Waals surface area contributed by atoms with Gasteiger partial charge in [-0.3, -0.25) is 9.59 Å². The molecule has 2 aliphatic rings. The van der Waals surface area contributed by atoms with Crippen LogP contribution < -0.4 is 10.2 Å². The molecule has 35 heavy (non-hydrogen) atoms. The fourth-order valence-electron chi connectivity index (χ4n) is 5.68. The zero-order chi connectivity index (χ0) is 24.5. The number of fused-ring (bicyclic) bond motifs is 3. The molecule has 5 rings (SSSR count). The summed E-state index contributed by atoms with van der Waals surface area (Å²) >= 11 is 0. The molecule has 0 bridgehead atoms. The van der Waals surface area contributed by atoms with E-state index < -0.39 is 0 Å². The minimum Gasteiger partial charge on any atom is -0.487 e. The third-order valence-electron chi connectivity index (χ3n) is 7.48. The summed E-state index contributed by atoms with van der Waals surface area (Å²) < 4.78 is 8.03. The van der Waals surface area contributed by atoms with Crippen LogP contribution in [0.25, 0.3) is 0 Å². The molecule has 2 aromatic carbocycles. The minimum absolute atomic E-state index is 0.00816. The van der Waals surface area contributed by atoms with Gasteiger partial charge in [-0.25, -0.2) is 0 Å². The van der Waals surface area contributed by atoms with Crippen LogP contribution in [0.3, 0.4) is 0 Å². The van der Waals surface area contributed by atoms with Crippen LogP contribution in [-0.4, -0.2) is 34.6 Å². The molecule has 1 amide bonds. The van der Waals surface area contributed by atoms with E-state index in [9.17, 15) is 9.59 Å². The van der Waals surface area contributed by atoms with Crippen LogP contribution in [0.2, 0.25) is 0 Å². The second kappa shape index (κ2) is 9.73. The number of aryl methyl sites for hydroxylation is 2. The number of carbonyl (C=O) groups excluding carboxylic acids is 1. The lowest BCUT2D eigenvalue weighted by molar-refractivity contribution is 0.0585. The first-order chi connectivity index (χ1) is 17.0. The Hall–Kier alpha value is -3.34. The fraction of sp³-hybridized carbons (Fsp3) is 0.400. The number of rotatable bonds is 6. The second-order valence-electron chi connectivity index (χ2n) is 9.96. The molecule has 182 valence electrons. The standard InChI is InChI=1S/C30H34N2O3/c1-4-5-18-35-29-26(33)16-17-31-25(19-32(20(2)3)30(34)28(29)31)27-23-12-8-6-10-21(23)14-15-22-11-7-9-13-24(22)27/h6-13,16-17,20,25,27H,4-5,14-15,18-19H2,1-3H3/t25-/m1/s1. The number of unbranched alkanes of at least 4 members (excludes halogenated alkanes) is 1. The van der Waals surface area contributed by atoms with Gasteiger partial charge in [-0.15, -0.1) is 0 Å². The van der Waals surface area contributed by atoms with Crippen molar-refractivity contribution < 1.29 is 9.53 Å². The lowest BCUT2D eigenvalue weighted by atomic mass is 9.81. The van der Waals surface area contributed by atoms with Gasteiger partial charge in [0.2, 0.25) is 5.43 Å². The first-order valence-corrected chi connectivity index (χ1v) is 12.9. The van der Waals surface area contributed by atoms with Gasteiger partial charge in [-0.1, -0.05) is 61.9 Å². The highest BCUT2D eigenvalue weighted by molar-refractivity contribution is 5.96. The SMILES string of the molecule is CCCCOc1c2n(ccc1=O)[C@@H](C1c3ccccc3CCc3ccccc31)CN(C(C)C)C2=O. The number of benzene rings is 2. The fourth-order valence-corrected chi connectivity index (χ4v) is 5.68. The summed E-state index contributed by atoms with van der Waals surface area (Å²) in [7, 11) is 0. The van der Waals surface area contributed by atoms with Crippen LogP contribution >= 0.6 is 0 Å². The minimum atomic E-state index is -0.230. The molecular formula is C30H34N2O3. The van der Waals surface area contributed by atoms with E-state index in [1.54, 1.807) is 12.3 Å². The van der Waals surface area contributed by atoms with Crippen molar-refractivity contribution in [1.29, 1.82) is 0 Å². The molecule has 2 heterocycles. The molecule has 5 heteroatoms. The zero-order valence-corrected chi connectivity index (χ0v) is 20.9. The van der Waals surface area contributed by atoms with E-state index in [4.69, 9.17) is 4.74 Å². The van der Waals surface area contributed by atoms with E-state index >= 15 is 0 Å². The highest BCUT2D eigenvalue weighted by atomic mass is 16.5. The number of nitrogens with zero attached hydrogens (tertiary/aromatic N) is 2. The van der Waals surface area contributed by atoms with Crippen molar-refractivity contribution in [3.05, 3.63) is 99.0 Å². The molecule has 1 aliphatic heterocycles. The maximum absolute atomic E-state index is 13.7. The van der Waals surface area contributed by atoms with Gasteiger partial charge in [-0.2, -0.15) is 0 Å². The Morgan fingerprint density at radius 2 is 1.57 bits per heavy atom. The molecule has 0 saturated heterocycles. The van der Waals surface area contributed by atoms with Crippen molar-refractivity contribution in [3.63, 3.8) is 0 Å². The van der Waals surface area contributed by atoms with Gasteiger partial charge in [0.25, 0.3) is 5.91 Å². The highest BCUT2D eigenvalue weighted by Crippen LogP contribution is 2.44. The average molecular weight is 471 g/mol. The Balaban J connectivity index is 1.73. The normalized spacial score (nSPS) is 17.5. The molecule has 0 saturated carbocycles. The van der Waals surface area contributed by atoms with Gasteiger partial charge < -0.3 is 14.2 Å². The molecule has 0 unspecified atom stereocenters. The second-order valence-corrected chi connectivity index (χ2v) is 9.96. The van der Waals surface area contributed by atoms with Crippen LogP contribution in [0.4, 0.5) is 0 Å². The Labute approximate surface area is 207 Å². The number of amides is 1. The van der Waals surface area contributed by atoms with Crippen molar-refractivity contribution in [2.24, 2.45) is 0 Å². The molecule has 0 N–H and O–H groups in total. The van der Waals surface area contributed by atoms with Gasteiger partial charge in [0.1, 0.15) is 0 Å². The molecule has 5 nitrogen and oxygen atoms in total. The Morgan fingerprint density at radius 1 is 0.943 bits per heavy atom. The summed E-state index contributed by atoms with van der Waals surface area (Å²) in [6.07, 6.45) is 5.58.